The molecule has 15 heavy (non-hydrogen) atoms. The molecule has 5 heteroatoms. The molecule has 2 nitrogen and oxygen atoms in total. The molecule has 0 fully saturated rings. The number of aromatic nitrogens is 2. The highest BCUT2D eigenvalue weighted by atomic mass is 35.5. The van der Waals surface area contributed by atoms with Crippen molar-refractivity contribution >= 4 is 11.6 Å². The number of hydrogen-bond donors (Lipinski definition) is 0. The Bertz CT molecular complexity index is 465. The lowest BCUT2D eigenvalue weighted by atomic mass is 10.2. The zero-order valence-electron chi connectivity index (χ0n) is 7.42. The van der Waals surface area contributed by atoms with E-state index in [0.29, 0.717) is 5.02 Å². The Labute approximate surface area is 89.6 Å². The van der Waals surface area contributed by atoms with Crippen LogP contribution in [0.3, 0.4) is 0 Å². The lowest BCUT2D eigenvalue weighted by molar-refractivity contribution is 0.587. The molecule has 0 aliphatic rings. The van der Waals surface area contributed by atoms with Crippen molar-refractivity contribution < 1.29 is 8.78 Å². The normalized spacial score (nSPS) is 10.3. The van der Waals surface area contributed by atoms with E-state index in [1.807, 2.05) is 0 Å². The molecule has 0 radical (unpaired) electrons. The van der Waals surface area contributed by atoms with Gasteiger partial charge in [-0.05, 0) is 12.1 Å². The Hall–Kier alpha value is -1.55. The minimum atomic E-state index is -0.697. The van der Waals surface area contributed by atoms with Gasteiger partial charge in [0.1, 0.15) is 11.6 Å². The van der Waals surface area contributed by atoms with E-state index in [-0.39, 0.29) is 11.4 Å². The molecule has 1 aromatic heterocycles. The van der Waals surface area contributed by atoms with Crippen LogP contribution < -0.4 is 0 Å². The maximum Gasteiger partial charge on any atom is 0.165 e. The Morgan fingerprint density at radius 2 is 1.53 bits per heavy atom. The lowest BCUT2D eigenvalue weighted by Crippen LogP contribution is -1.94. The lowest BCUT2D eigenvalue weighted by Gasteiger charge is -2.02. The number of nitrogens with zero attached hydrogens (tertiary/aromatic N) is 2. The summed E-state index contributed by atoms with van der Waals surface area (Å²) < 4.78 is 26.6. The summed E-state index contributed by atoms with van der Waals surface area (Å²) in [5.41, 5.74) is -0.242. The van der Waals surface area contributed by atoms with Crippen molar-refractivity contribution in [2.24, 2.45) is 0 Å². The van der Waals surface area contributed by atoms with Crippen molar-refractivity contribution in [3.63, 3.8) is 0 Å². The quantitative estimate of drug-likeness (QED) is 0.747. The van der Waals surface area contributed by atoms with Gasteiger partial charge in [0.05, 0.1) is 10.6 Å². The van der Waals surface area contributed by atoms with Gasteiger partial charge in [-0.1, -0.05) is 17.7 Å². The molecule has 0 bridgehead atoms. The molecule has 2 rings (SSSR count). The molecule has 2 aromatic rings. The van der Waals surface area contributed by atoms with Crippen LogP contribution in [0.5, 0.6) is 0 Å². The highest BCUT2D eigenvalue weighted by molar-refractivity contribution is 6.30. The maximum absolute atomic E-state index is 13.3. The zero-order valence-corrected chi connectivity index (χ0v) is 8.17. The van der Waals surface area contributed by atoms with Crippen LogP contribution in [0.1, 0.15) is 0 Å². The first-order valence-corrected chi connectivity index (χ1v) is 4.48. The van der Waals surface area contributed by atoms with E-state index in [4.69, 9.17) is 11.6 Å². The van der Waals surface area contributed by atoms with Gasteiger partial charge < -0.3 is 0 Å². The molecule has 1 aromatic carbocycles. The Morgan fingerprint density at radius 1 is 1.00 bits per heavy atom. The second kappa shape index (κ2) is 3.90. The fourth-order valence-corrected chi connectivity index (χ4v) is 1.25. The third-order valence-corrected chi connectivity index (χ3v) is 2.00. The van der Waals surface area contributed by atoms with Crippen LogP contribution in [0.15, 0.2) is 30.6 Å². The van der Waals surface area contributed by atoms with Gasteiger partial charge in [-0.3, -0.25) is 0 Å². The first-order valence-electron chi connectivity index (χ1n) is 4.10. The highest BCUT2D eigenvalue weighted by Crippen LogP contribution is 2.22. The van der Waals surface area contributed by atoms with E-state index < -0.39 is 11.6 Å². The minimum absolute atomic E-state index is 0.0185. The van der Waals surface area contributed by atoms with Crippen LogP contribution in [0.4, 0.5) is 8.78 Å². The van der Waals surface area contributed by atoms with Gasteiger partial charge in [0.15, 0.2) is 5.82 Å². The summed E-state index contributed by atoms with van der Waals surface area (Å²) in [5.74, 6) is -1.41. The standard InChI is InChI=1S/C10H5ClF2N2/c11-6-4-14-10(15-5-6)9-7(12)2-1-3-8(9)13/h1-5H. The van der Waals surface area contributed by atoms with Gasteiger partial charge in [-0.25, -0.2) is 18.7 Å². The predicted molar refractivity (Wildman–Crippen MR) is 52.4 cm³/mol. The maximum atomic E-state index is 13.3. The van der Waals surface area contributed by atoms with Crippen LogP contribution in [0.25, 0.3) is 11.4 Å². The Kier molecular flexibility index (Phi) is 2.60. The molecule has 0 aliphatic heterocycles. The largest absolute Gasteiger partial charge is 0.235 e. The van der Waals surface area contributed by atoms with Crippen LogP contribution in [0.2, 0.25) is 5.02 Å². The minimum Gasteiger partial charge on any atom is -0.235 e. The van der Waals surface area contributed by atoms with Gasteiger partial charge in [-0.2, -0.15) is 0 Å². The fourth-order valence-electron chi connectivity index (χ4n) is 1.15. The zero-order chi connectivity index (χ0) is 10.8. The Morgan fingerprint density at radius 3 is 2.07 bits per heavy atom. The fraction of sp³-hybridized carbons (Fsp3) is 0. The highest BCUT2D eigenvalue weighted by Gasteiger charge is 2.12. The molecule has 0 N–H and O–H groups in total. The molecule has 0 unspecified atom stereocenters. The second-order valence-corrected chi connectivity index (χ2v) is 3.26. The van der Waals surface area contributed by atoms with E-state index in [1.165, 1.54) is 18.5 Å². The van der Waals surface area contributed by atoms with E-state index in [2.05, 4.69) is 9.97 Å². The average molecular weight is 227 g/mol. The first kappa shape index (κ1) is 9.98. The molecular formula is C10H5ClF2N2. The van der Waals surface area contributed by atoms with E-state index in [0.717, 1.165) is 12.1 Å². The van der Waals surface area contributed by atoms with Crippen LogP contribution in [-0.2, 0) is 0 Å². The summed E-state index contributed by atoms with van der Waals surface area (Å²) >= 11 is 5.57. The van der Waals surface area contributed by atoms with Gasteiger partial charge in [0, 0.05) is 12.4 Å². The van der Waals surface area contributed by atoms with Crippen molar-refractivity contribution in [1.82, 2.24) is 9.97 Å². The smallest absolute Gasteiger partial charge is 0.165 e. The van der Waals surface area contributed by atoms with E-state index >= 15 is 0 Å². The molecule has 0 atom stereocenters. The predicted octanol–water partition coefficient (Wildman–Crippen LogP) is 3.08. The molecule has 0 saturated carbocycles. The third-order valence-electron chi connectivity index (χ3n) is 1.81. The molecule has 0 spiro atoms. The topological polar surface area (TPSA) is 25.8 Å². The third kappa shape index (κ3) is 1.94. The van der Waals surface area contributed by atoms with E-state index in [9.17, 15) is 8.78 Å². The van der Waals surface area contributed by atoms with Crippen molar-refractivity contribution in [1.29, 1.82) is 0 Å². The second-order valence-electron chi connectivity index (χ2n) is 2.82. The van der Waals surface area contributed by atoms with Crippen LogP contribution in [-0.4, -0.2) is 9.97 Å². The summed E-state index contributed by atoms with van der Waals surface area (Å²) in [5, 5.41) is 0.315. The molecule has 1 heterocycles. The summed E-state index contributed by atoms with van der Waals surface area (Å²) in [6.45, 7) is 0. The molecule has 76 valence electrons. The summed E-state index contributed by atoms with van der Waals surface area (Å²) in [7, 11) is 0. The monoisotopic (exact) mass is 226 g/mol. The average Bonchev–Trinajstić information content (AvgIpc) is 2.20. The van der Waals surface area contributed by atoms with Crippen molar-refractivity contribution in [3.8, 4) is 11.4 Å². The number of hydrogen-bond acceptors (Lipinski definition) is 2. The molecule has 0 saturated heterocycles. The summed E-state index contributed by atoms with van der Waals surface area (Å²) in [6, 6.07) is 3.58. The molecule has 0 aliphatic carbocycles. The number of halogens is 3. The van der Waals surface area contributed by atoms with E-state index in [1.54, 1.807) is 0 Å². The van der Waals surface area contributed by atoms with Gasteiger partial charge >= 0.3 is 0 Å². The van der Waals surface area contributed by atoms with Crippen molar-refractivity contribution in [3.05, 3.63) is 47.2 Å². The van der Waals surface area contributed by atoms with Crippen LogP contribution >= 0.6 is 11.6 Å². The Balaban J connectivity index is 2.58. The molecular weight excluding hydrogens is 222 g/mol. The van der Waals surface area contributed by atoms with Crippen molar-refractivity contribution in [2.75, 3.05) is 0 Å². The first-order chi connectivity index (χ1) is 7.18. The van der Waals surface area contributed by atoms with Gasteiger partial charge in [0.2, 0.25) is 0 Å². The number of benzene rings is 1. The van der Waals surface area contributed by atoms with Crippen molar-refractivity contribution in [2.45, 2.75) is 0 Å². The van der Waals surface area contributed by atoms with Gasteiger partial charge in [-0.15, -0.1) is 0 Å². The van der Waals surface area contributed by atoms with Crippen LogP contribution in [0, 0.1) is 11.6 Å². The molecule has 0 amide bonds. The number of rotatable bonds is 1. The SMILES string of the molecule is Fc1cccc(F)c1-c1ncc(Cl)cn1. The summed E-state index contributed by atoms with van der Waals surface area (Å²) in [4.78, 5) is 7.49. The summed E-state index contributed by atoms with van der Waals surface area (Å²) in [6.07, 6.45) is 2.57. The van der Waals surface area contributed by atoms with Gasteiger partial charge in [0.25, 0.3) is 0 Å².